The van der Waals surface area contributed by atoms with Crippen molar-refractivity contribution in [2.45, 2.75) is 0 Å². The Balaban J connectivity index is 2.56. The third kappa shape index (κ3) is 3.11. The molecule has 0 heterocycles. The number of hydrogen-bond acceptors (Lipinski definition) is 1. The van der Waals surface area contributed by atoms with E-state index in [0.29, 0.717) is 9.50 Å². The molecule has 0 aliphatic carbocycles. The average molecular weight is 382 g/mol. The van der Waals surface area contributed by atoms with E-state index >= 15 is 0 Å². The minimum Gasteiger partial charge on any atom is -0.288 e. The van der Waals surface area contributed by atoms with Gasteiger partial charge in [-0.25, -0.2) is 4.39 Å². The van der Waals surface area contributed by atoms with Crippen LogP contribution in [0.15, 0.2) is 34.8 Å². The van der Waals surface area contributed by atoms with Crippen LogP contribution in [0.1, 0.15) is 15.9 Å². The Bertz CT molecular complexity index is 673. The van der Waals surface area contributed by atoms with Gasteiger partial charge in [0.25, 0.3) is 0 Å². The Morgan fingerprint density at radius 3 is 2.37 bits per heavy atom. The second-order valence-corrected chi connectivity index (χ2v) is 5.80. The predicted molar refractivity (Wildman–Crippen MR) is 79.0 cm³/mol. The second-order valence-electron chi connectivity index (χ2n) is 3.70. The highest BCUT2D eigenvalue weighted by Gasteiger charge is 2.19. The summed E-state index contributed by atoms with van der Waals surface area (Å²) < 4.78 is 14.2. The SMILES string of the molecule is O=C(c1cc(Cl)c(Br)cc1F)c1cc(Cl)ccc1Cl. The molecule has 19 heavy (non-hydrogen) atoms. The first kappa shape index (κ1) is 14.8. The highest BCUT2D eigenvalue weighted by molar-refractivity contribution is 9.10. The lowest BCUT2D eigenvalue weighted by atomic mass is 10.0. The van der Waals surface area contributed by atoms with Gasteiger partial charge in [0.1, 0.15) is 5.82 Å². The molecule has 0 saturated heterocycles. The van der Waals surface area contributed by atoms with E-state index in [1.807, 2.05) is 0 Å². The van der Waals surface area contributed by atoms with Crippen LogP contribution in [0.4, 0.5) is 4.39 Å². The van der Waals surface area contributed by atoms with Crippen LogP contribution in [-0.2, 0) is 0 Å². The van der Waals surface area contributed by atoms with Gasteiger partial charge in [0, 0.05) is 15.1 Å². The Morgan fingerprint density at radius 2 is 1.68 bits per heavy atom. The van der Waals surface area contributed by atoms with Crippen LogP contribution < -0.4 is 0 Å². The van der Waals surface area contributed by atoms with Crippen LogP contribution in [0.3, 0.4) is 0 Å². The number of halogens is 5. The summed E-state index contributed by atoms with van der Waals surface area (Å²) in [5.74, 6) is -1.25. The maximum absolute atomic E-state index is 13.8. The van der Waals surface area contributed by atoms with Gasteiger partial charge < -0.3 is 0 Å². The summed E-state index contributed by atoms with van der Waals surface area (Å²) in [7, 11) is 0. The van der Waals surface area contributed by atoms with Crippen molar-refractivity contribution in [3.8, 4) is 0 Å². The first-order chi connectivity index (χ1) is 8.90. The zero-order chi connectivity index (χ0) is 14.2. The molecule has 0 N–H and O–H groups in total. The molecule has 2 aromatic carbocycles. The topological polar surface area (TPSA) is 17.1 Å². The summed E-state index contributed by atoms with van der Waals surface area (Å²) in [6.07, 6.45) is 0. The molecule has 98 valence electrons. The average Bonchev–Trinajstić information content (AvgIpc) is 2.36. The van der Waals surface area contributed by atoms with Crippen molar-refractivity contribution < 1.29 is 9.18 Å². The summed E-state index contributed by atoms with van der Waals surface area (Å²) in [6, 6.07) is 6.80. The molecular weight excluding hydrogens is 377 g/mol. The lowest BCUT2D eigenvalue weighted by Crippen LogP contribution is -2.05. The van der Waals surface area contributed by atoms with E-state index in [0.717, 1.165) is 6.07 Å². The summed E-state index contributed by atoms with van der Waals surface area (Å²) >= 11 is 20.7. The molecule has 0 aliphatic heterocycles. The highest BCUT2D eigenvalue weighted by Crippen LogP contribution is 2.29. The number of hydrogen-bond donors (Lipinski definition) is 0. The van der Waals surface area contributed by atoms with Gasteiger partial charge in [-0.05, 0) is 46.3 Å². The van der Waals surface area contributed by atoms with Gasteiger partial charge in [-0.2, -0.15) is 0 Å². The Hall–Kier alpha value is -0.610. The van der Waals surface area contributed by atoms with Crippen molar-refractivity contribution in [3.63, 3.8) is 0 Å². The van der Waals surface area contributed by atoms with E-state index in [1.54, 1.807) is 6.07 Å². The largest absolute Gasteiger partial charge is 0.288 e. The third-order valence-electron chi connectivity index (χ3n) is 2.43. The Kier molecular flexibility index (Phi) is 4.51. The van der Waals surface area contributed by atoms with Gasteiger partial charge in [0.05, 0.1) is 15.6 Å². The van der Waals surface area contributed by atoms with Crippen LogP contribution in [0.25, 0.3) is 0 Å². The summed E-state index contributed by atoms with van der Waals surface area (Å²) in [6.45, 7) is 0. The maximum Gasteiger partial charge on any atom is 0.197 e. The van der Waals surface area contributed by atoms with Crippen LogP contribution in [0.5, 0.6) is 0 Å². The fourth-order valence-electron chi connectivity index (χ4n) is 1.51. The summed E-state index contributed by atoms with van der Waals surface area (Å²) in [5, 5.41) is 0.784. The predicted octanol–water partition coefficient (Wildman–Crippen LogP) is 5.78. The number of rotatable bonds is 2. The number of benzene rings is 2. The molecule has 1 nitrogen and oxygen atoms in total. The molecule has 0 atom stereocenters. The minimum absolute atomic E-state index is 0.131. The van der Waals surface area contributed by atoms with Crippen molar-refractivity contribution in [1.29, 1.82) is 0 Å². The smallest absolute Gasteiger partial charge is 0.197 e. The number of carbonyl (C=O) groups is 1. The Labute approximate surface area is 132 Å². The molecule has 0 fully saturated rings. The first-order valence-electron chi connectivity index (χ1n) is 5.04. The van der Waals surface area contributed by atoms with Crippen molar-refractivity contribution in [2.75, 3.05) is 0 Å². The molecule has 0 bridgehead atoms. The molecule has 2 rings (SSSR count). The maximum atomic E-state index is 13.8. The van der Waals surface area contributed by atoms with Crippen molar-refractivity contribution in [2.24, 2.45) is 0 Å². The van der Waals surface area contributed by atoms with E-state index in [1.165, 1.54) is 18.2 Å². The van der Waals surface area contributed by atoms with Crippen LogP contribution in [-0.4, -0.2) is 5.78 Å². The van der Waals surface area contributed by atoms with Gasteiger partial charge in [-0.15, -0.1) is 0 Å². The summed E-state index contributed by atoms with van der Waals surface area (Å²) in [4.78, 5) is 12.2. The van der Waals surface area contributed by atoms with Crippen LogP contribution >= 0.6 is 50.7 Å². The van der Waals surface area contributed by atoms with Gasteiger partial charge in [-0.3, -0.25) is 4.79 Å². The van der Waals surface area contributed by atoms with Gasteiger partial charge >= 0.3 is 0 Å². The van der Waals surface area contributed by atoms with E-state index in [9.17, 15) is 9.18 Å². The molecule has 0 aromatic heterocycles. The minimum atomic E-state index is -0.683. The highest BCUT2D eigenvalue weighted by atomic mass is 79.9. The van der Waals surface area contributed by atoms with Crippen molar-refractivity contribution in [3.05, 3.63) is 66.8 Å². The molecule has 6 heteroatoms. The number of carbonyl (C=O) groups excluding carboxylic acids is 1. The second kappa shape index (κ2) is 5.80. The molecule has 0 aliphatic rings. The molecule has 2 aromatic rings. The van der Waals surface area contributed by atoms with E-state index in [4.69, 9.17) is 34.8 Å². The van der Waals surface area contributed by atoms with E-state index in [-0.39, 0.29) is 21.2 Å². The summed E-state index contributed by atoms with van der Waals surface area (Å²) in [5.41, 5.74) is -0.0242. The lowest BCUT2D eigenvalue weighted by Gasteiger charge is -2.07. The number of ketones is 1. The van der Waals surface area contributed by atoms with E-state index in [2.05, 4.69) is 15.9 Å². The van der Waals surface area contributed by atoms with Gasteiger partial charge in [-0.1, -0.05) is 34.8 Å². The third-order valence-corrected chi connectivity index (χ3v) is 4.19. The van der Waals surface area contributed by atoms with E-state index < -0.39 is 11.6 Å². The standard InChI is InChI=1S/C13H5BrCl3FO/c14-9-5-12(18)8(4-11(9)17)13(19)7-3-6(15)1-2-10(7)16/h1-5H. The van der Waals surface area contributed by atoms with Gasteiger partial charge in [0.2, 0.25) is 0 Å². The molecule has 0 amide bonds. The quantitative estimate of drug-likeness (QED) is 0.475. The molecular formula is C13H5BrCl3FO. The van der Waals surface area contributed by atoms with Crippen molar-refractivity contribution in [1.82, 2.24) is 0 Å². The fourth-order valence-corrected chi connectivity index (χ4v) is 2.37. The lowest BCUT2D eigenvalue weighted by molar-refractivity contribution is 0.103. The Morgan fingerprint density at radius 1 is 1.00 bits per heavy atom. The fraction of sp³-hybridized carbons (Fsp3) is 0. The molecule has 0 saturated carbocycles. The zero-order valence-electron chi connectivity index (χ0n) is 9.18. The van der Waals surface area contributed by atoms with Crippen LogP contribution in [0.2, 0.25) is 15.1 Å². The zero-order valence-corrected chi connectivity index (χ0v) is 13.0. The monoisotopic (exact) mass is 380 g/mol. The first-order valence-corrected chi connectivity index (χ1v) is 6.97. The molecule has 0 unspecified atom stereocenters. The van der Waals surface area contributed by atoms with Crippen LogP contribution in [0, 0.1) is 5.82 Å². The normalized spacial score (nSPS) is 10.6. The molecule has 0 radical (unpaired) electrons. The van der Waals surface area contributed by atoms with Crippen molar-refractivity contribution >= 4 is 56.5 Å². The molecule has 0 spiro atoms. The van der Waals surface area contributed by atoms with Gasteiger partial charge in [0.15, 0.2) is 5.78 Å².